The Kier molecular flexibility index (Phi) is 6.88. The summed E-state index contributed by atoms with van der Waals surface area (Å²) in [5.41, 5.74) is 1.54. The summed E-state index contributed by atoms with van der Waals surface area (Å²) in [5, 5.41) is 13.5. The molecule has 1 atom stereocenters. The summed E-state index contributed by atoms with van der Waals surface area (Å²) in [6.45, 7) is 1.85. The number of nitrogens with one attached hydrogen (secondary N) is 2. The van der Waals surface area contributed by atoms with Gasteiger partial charge in [0.2, 0.25) is 0 Å². The molecule has 0 fully saturated rings. The van der Waals surface area contributed by atoms with E-state index in [0.717, 1.165) is 5.56 Å². The fourth-order valence-electron chi connectivity index (χ4n) is 1.82. The van der Waals surface area contributed by atoms with Gasteiger partial charge in [0, 0.05) is 12.2 Å². The summed E-state index contributed by atoms with van der Waals surface area (Å²) < 4.78 is 4.67. The van der Waals surface area contributed by atoms with Gasteiger partial charge in [-0.05, 0) is 24.1 Å². The Bertz CT molecular complexity index is 527. The lowest BCUT2D eigenvalue weighted by Crippen LogP contribution is -2.30. The lowest BCUT2D eigenvalue weighted by atomic mass is 10.0. The number of anilines is 1. The Balaban J connectivity index is 2.46. The predicted molar refractivity (Wildman–Crippen MR) is 80.6 cm³/mol. The van der Waals surface area contributed by atoms with Gasteiger partial charge in [-0.2, -0.15) is 0 Å². The molecule has 0 aliphatic carbocycles. The molecule has 0 aliphatic heterocycles. The number of amides is 2. The van der Waals surface area contributed by atoms with Gasteiger partial charge in [0.1, 0.15) is 0 Å². The van der Waals surface area contributed by atoms with Crippen LogP contribution in [0.1, 0.15) is 18.9 Å². The Hall–Kier alpha value is -2.57. The summed E-state index contributed by atoms with van der Waals surface area (Å²) in [7, 11) is 1.36. The molecule has 0 saturated carbocycles. The molecule has 1 aromatic rings. The highest BCUT2D eigenvalue weighted by atomic mass is 16.5. The van der Waals surface area contributed by atoms with Crippen LogP contribution in [0.5, 0.6) is 0 Å². The smallest absolute Gasteiger partial charge is 0.319 e. The maximum Gasteiger partial charge on any atom is 0.319 e. The van der Waals surface area contributed by atoms with E-state index in [1.165, 1.54) is 7.11 Å². The van der Waals surface area contributed by atoms with Crippen molar-refractivity contribution < 1.29 is 24.2 Å². The first-order chi connectivity index (χ1) is 10.4. The highest BCUT2D eigenvalue weighted by Gasteiger charge is 2.13. The fraction of sp³-hybridized carbons (Fsp3) is 0.400. The molecule has 3 N–H and O–H groups in total. The van der Waals surface area contributed by atoms with Crippen LogP contribution >= 0.6 is 0 Å². The first kappa shape index (κ1) is 17.5. The molecule has 0 aliphatic rings. The van der Waals surface area contributed by atoms with Gasteiger partial charge < -0.3 is 20.5 Å². The third kappa shape index (κ3) is 6.25. The first-order valence-corrected chi connectivity index (χ1v) is 6.85. The lowest BCUT2D eigenvalue weighted by molar-refractivity contribution is -0.144. The number of benzene rings is 1. The summed E-state index contributed by atoms with van der Waals surface area (Å²) >= 11 is 0. The largest absolute Gasteiger partial charge is 0.481 e. The van der Waals surface area contributed by atoms with Crippen LogP contribution in [0.3, 0.4) is 0 Å². The molecule has 1 rings (SSSR count). The predicted octanol–water partition coefficient (Wildman–Crippen LogP) is 1.63. The highest BCUT2D eigenvalue weighted by Crippen LogP contribution is 2.14. The van der Waals surface area contributed by atoms with Gasteiger partial charge in [0.05, 0.1) is 19.4 Å². The summed E-state index contributed by atoms with van der Waals surface area (Å²) in [4.78, 5) is 33.2. The third-order valence-corrected chi connectivity index (χ3v) is 2.98. The Labute approximate surface area is 128 Å². The van der Waals surface area contributed by atoms with Crippen LogP contribution in [-0.2, 0) is 20.7 Å². The fourth-order valence-corrected chi connectivity index (χ4v) is 1.82. The molecule has 120 valence electrons. The number of aliphatic carboxylic acids is 1. The SMILES string of the molecule is COC(=O)C(C)Cc1ccc(NC(=O)NCCC(=O)O)cc1. The summed E-state index contributed by atoms with van der Waals surface area (Å²) in [6, 6.07) is 6.60. The molecule has 2 amide bonds. The van der Waals surface area contributed by atoms with E-state index in [1.807, 2.05) is 12.1 Å². The number of methoxy groups -OCH3 is 1. The lowest BCUT2D eigenvalue weighted by Gasteiger charge is -2.10. The van der Waals surface area contributed by atoms with E-state index in [-0.39, 0.29) is 24.9 Å². The topological polar surface area (TPSA) is 105 Å². The zero-order valence-corrected chi connectivity index (χ0v) is 12.6. The molecule has 0 spiro atoms. The van der Waals surface area contributed by atoms with Crippen LogP contribution < -0.4 is 10.6 Å². The van der Waals surface area contributed by atoms with Crippen molar-refractivity contribution in [2.75, 3.05) is 19.0 Å². The van der Waals surface area contributed by atoms with Crippen molar-refractivity contribution in [3.05, 3.63) is 29.8 Å². The molecule has 0 bridgehead atoms. The maximum atomic E-state index is 11.5. The van der Waals surface area contributed by atoms with E-state index in [4.69, 9.17) is 5.11 Å². The zero-order chi connectivity index (χ0) is 16.5. The van der Waals surface area contributed by atoms with Crippen molar-refractivity contribution in [1.82, 2.24) is 5.32 Å². The number of rotatable bonds is 7. The second-order valence-corrected chi connectivity index (χ2v) is 4.85. The summed E-state index contributed by atoms with van der Waals surface area (Å²) in [6.07, 6.45) is 0.426. The van der Waals surface area contributed by atoms with Gasteiger partial charge >= 0.3 is 18.0 Å². The molecule has 1 unspecified atom stereocenters. The van der Waals surface area contributed by atoms with Crippen LogP contribution in [0.15, 0.2) is 24.3 Å². The average Bonchev–Trinajstić information content (AvgIpc) is 2.48. The van der Waals surface area contributed by atoms with Crippen LogP contribution in [0, 0.1) is 5.92 Å². The van der Waals surface area contributed by atoms with Crippen molar-refractivity contribution in [1.29, 1.82) is 0 Å². The van der Waals surface area contributed by atoms with Gasteiger partial charge in [-0.25, -0.2) is 4.79 Å². The van der Waals surface area contributed by atoms with Gasteiger partial charge in [-0.15, -0.1) is 0 Å². The standard InChI is InChI=1S/C15H20N2O5/c1-10(14(20)22-2)9-11-3-5-12(6-4-11)17-15(21)16-8-7-13(18)19/h3-6,10H,7-9H2,1-2H3,(H,18,19)(H2,16,17,21). The second kappa shape index (κ2) is 8.66. The molecule has 22 heavy (non-hydrogen) atoms. The molecule has 0 aromatic heterocycles. The van der Waals surface area contributed by atoms with Gasteiger partial charge in [-0.3, -0.25) is 9.59 Å². The number of urea groups is 1. The Morgan fingerprint density at radius 1 is 1.23 bits per heavy atom. The molecule has 0 heterocycles. The minimum Gasteiger partial charge on any atom is -0.481 e. The number of hydrogen-bond donors (Lipinski definition) is 3. The van der Waals surface area contributed by atoms with E-state index in [9.17, 15) is 14.4 Å². The van der Waals surface area contributed by atoms with Crippen LogP contribution in [0.25, 0.3) is 0 Å². The number of ether oxygens (including phenoxy) is 1. The van der Waals surface area contributed by atoms with E-state index in [0.29, 0.717) is 12.1 Å². The monoisotopic (exact) mass is 308 g/mol. The first-order valence-electron chi connectivity index (χ1n) is 6.85. The van der Waals surface area contributed by atoms with Gasteiger partial charge in [-0.1, -0.05) is 19.1 Å². The molecule has 1 aromatic carbocycles. The number of hydrogen-bond acceptors (Lipinski definition) is 4. The van der Waals surface area contributed by atoms with Crippen LogP contribution in [0.2, 0.25) is 0 Å². The number of carbonyl (C=O) groups is 3. The second-order valence-electron chi connectivity index (χ2n) is 4.85. The molecule has 0 saturated heterocycles. The van der Waals surface area contributed by atoms with Crippen molar-refractivity contribution in [3.8, 4) is 0 Å². The molecular formula is C15H20N2O5. The van der Waals surface area contributed by atoms with Crippen LogP contribution in [-0.4, -0.2) is 36.7 Å². The Morgan fingerprint density at radius 2 is 1.86 bits per heavy atom. The minimum absolute atomic E-state index is 0.0654. The minimum atomic E-state index is -0.968. The molecule has 7 heteroatoms. The van der Waals surface area contributed by atoms with E-state index < -0.39 is 12.0 Å². The number of carbonyl (C=O) groups excluding carboxylic acids is 2. The molecular weight excluding hydrogens is 288 g/mol. The quantitative estimate of drug-likeness (QED) is 0.664. The van der Waals surface area contributed by atoms with E-state index in [2.05, 4.69) is 15.4 Å². The van der Waals surface area contributed by atoms with Crippen LogP contribution in [0.4, 0.5) is 10.5 Å². The number of carboxylic acids is 1. The number of esters is 1. The van der Waals surface area contributed by atoms with Crippen molar-refractivity contribution in [2.24, 2.45) is 5.92 Å². The number of carboxylic acid groups (broad SMARTS) is 1. The maximum absolute atomic E-state index is 11.5. The van der Waals surface area contributed by atoms with Gasteiger partial charge in [0.25, 0.3) is 0 Å². The third-order valence-electron chi connectivity index (χ3n) is 2.98. The van der Waals surface area contributed by atoms with E-state index >= 15 is 0 Å². The average molecular weight is 308 g/mol. The van der Waals surface area contributed by atoms with E-state index in [1.54, 1.807) is 19.1 Å². The summed E-state index contributed by atoms with van der Waals surface area (Å²) in [5.74, 6) is -1.47. The van der Waals surface area contributed by atoms with Crippen molar-refractivity contribution in [2.45, 2.75) is 19.8 Å². The normalized spacial score (nSPS) is 11.4. The zero-order valence-electron chi connectivity index (χ0n) is 12.6. The van der Waals surface area contributed by atoms with Crippen molar-refractivity contribution >= 4 is 23.7 Å². The Morgan fingerprint density at radius 3 is 2.41 bits per heavy atom. The highest BCUT2D eigenvalue weighted by molar-refractivity contribution is 5.89. The van der Waals surface area contributed by atoms with Gasteiger partial charge in [0.15, 0.2) is 0 Å². The molecule has 0 radical (unpaired) electrons. The molecule has 7 nitrogen and oxygen atoms in total. The van der Waals surface area contributed by atoms with Crippen molar-refractivity contribution in [3.63, 3.8) is 0 Å².